The number of carbonyl (C=O) groups is 1. The first-order chi connectivity index (χ1) is 12.5. The van der Waals surface area contributed by atoms with Gasteiger partial charge >= 0.3 is 6.03 Å². The maximum atomic E-state index is 12.4. The van der Waals surface area contributed by atoms with Crippen molar-refractivity contribution in [2.45, 2.75) is 53.2 Å². The zero-order valence-electron chi connectivity index (χ0n) is 16.5. The second-order valence-corrected chi connectivity index (χ2v) is 8.77. The zero-order chi connectivity index (χ0) is 20.1. The number of aromatic nitrogens is 2. The van der Waals surface area contributed by atoms with Gasteiger partial charge < -0.3 is 10.1 Å². The van der Waals surface area contributed by atoms with Crippen molar-refractivity contribution >= 4 is 23.4 Å². The first-order valence-electron chi connectivity index (χ1n) is 8.81. The molecule has 0 aliphatic carbocycles. The molecule has 6 nitrogen and oxygen atoms in total. The summed E-state index contributed by atoms with van der Waals surface area (Å²) < 4.78 is 5.72. The predicted molar refractivity (Wildman–Crippen MR) is 108 cm³/mol. The Morgan fingerprint density at radius 1 is 1.15 bits per heavy atom. The van der Waals surface area contributed by atoms with E-state index in [1.807, 2.05) is 32.0 Å². The smallest absolute Gasteiger partial charge is 0.320 e. The summed E-state index contributed by atoms with van der Waals surface area (Å²) in [6.07, 6.45) is 3.84. The van der Waals surface area contributed by atoms with Crippen molar-refractivity contribution in [1.82, 2.24) is 15.3 Å². The average Bonchev–Trinajstić information content (AvgIpc) is 2.51. The standard InChI is InChI=1S/C20H27ClN4O2/c1-19(2,3)13-20(4,5)25-18(26)24-16-17(23-10-9-22-16)27-12-14-7-6-8-15(21)11-14/h6-11H,12-13H2,1-5H3,(H2,22,24,25,26). The summed E-state index contributed by atoms with van der Waals surface area (Å²) in [4.78, 5) is 20.8. The Balaban J connectivity index is 2.01. The molecule has 0 fully saturated rings. The molecule has 2 amide bonds. The van der Waals surface area contributed by atoms with E-state index in [9.17, 15) is 4.79 Å². The number of anilines is 1. The number of ether oxygens (including phenoxy) is 1. The Kier molecular flexibility index (Phi) is 6.65. The number of carbonyl (C=O) groups excluding carboxylic acids is 1. The molecule has 0 aliphatic rings. The number of rotatable bonds is 6. The molecule has 0 spiro atoms. The van der Waals surface area contributed by atoms with Gasteiger partial charge in [0, 0.05) is 23.0 Å². The molecule has 1 aromatic carbocycles. The van der Waals surface area contributed by atoms with E-state index in [0.717, 1.165) is 12.0 Å². The summed E-state index contributed by atoms with van der Waals surface area (Å²) in [5.41, 5.74) is 0.621. The van der Waals surface area contributed by atoms with E-state index in [-0.39, 0.29) is 35.3 Å². The van der Waals surface area contributed by atoms with Crippen molar-refractivity contribution in [1.29, 1.82) is 0 Å². The third-order valence-electron chi connectivity index (χ3n) is 3.59. The van der Waals surface area contributed by atoms with Crippen molar-refractivity contribution in [3.63, 3.8) is 0 Å². The third-order valence-corrected chi connectivity index (χ3v) is 3.82. The van der Waals surface area contributed by atoms with Crippen LogP contribution in [-0.4, -0.2) is 21.5 Å². The van der Waals surface area contributed by atoms with Crippen LogP contribution >= 0.6 is 11.6 Å². The first kappa shape index (κ1) is 21.0. The number of amides is 2. The Morgan fingerprint density at radius 3 is 2.52 bits per heavy atom. The SMILES string of the molecule is CC(C)(C)CC(C)(C)NC(=O)Nc1nccnc1OCc1cccc(Cl)c1. The molecule has 2 N–H and O–H groups in total. The number of nitrogens with zero attached hydrogens (tertiary/aromatic N) is 2. The molecule has 2 aromatic rings. The van der Waals surface area contributed by atoms with Crippen LogP contribution in [0, 0.1) is 5.41 Å². The third kappa shape index (κ3) is 7.43. The fourth-order valence-corrected chi connectivity index (χ4v) is 3.32. The lowest BCUT2D eigenvalue weighted by Gasteiger charge is -2.33. The predicted octanol–water partition coefficient (Wildman–Crippen LogP) is 5.05. The van der Waals surface area contributed by atoms with Crippen LogP contribution in [0.4, 0.5) is 10.6 Å². The van der Waals surface area contributed by atoms with Crippen molar-refractivity contribution in [3.8, 4) is 5.88 Å². The van der Waals surface area contributed by atoms with Gasteiger partial charge in [-0.05, 0) is 43.4 Å². The quantitative estimate of drug-likeness (QED) is 0.723. The van der Waals surface area contributed by atoms with Gasteiger partial charge in [0.2, 0.25) is 0 Å². The second-order valence-electron chi connectivity index (χ2n) is 8.33. The normalized spacial score (nSPS) is 11.8. The summed E-state index contributed by atoms with van der Waals surface area (Å²) >= 11 is 5.99. The van der Waals surface area contributed by atoms with E-state index >= 15 is 0 Å². The van der Waals surface area contributed by atoms with Gasteiger partial charge in [-0.3, -0.25) is 5.32 Å². The number of nitrogens with one attached hydrogen (secondary N) is 2. The average molecular weight is 391 g/mol. The summed E-state index contributed by atoms with van der Waals surface area (Å²) in [5.74, 6) is 0.518. The number of hydrogen-bond acceptors (Lipinski definition) is 4. The number of hydrogen-bond donors (Lipinski definition) is 2. The highest BCUT2D eigenvalue weighted by atomic mass is 35.5. The van der Waals surface area contributed by atoms with Gasteiger partial charge in [-0.15, -0.1) is 0 Å². The van der Waals surface area contributed by atoms with Gasteiger partial charge in [-0.1, -0.05) is 44.5 Å². The molecular weight excluding hydrogens is 364 g/mol. The minimum Gasteiger partial charge on any atom is -0.470 e. The van der Waals surface area contributed by atoms with Crippen LogP contribution in [0.3, 0.4) is 0 Å². The van der Waals surface area contributed by atoms with E-state index in [1.165, 1.54) is 12.4 Å². The second kappa shape index (κ2) is 8.57. The molecule has 0 saturated heterocycles. The molecule has 0 saturated carbocycles. The summed E-state index contributed by atoms with van der Waals surface area (Å²) in [6.45, 7) is 10.7. The Hall–Kier alpha value is -2.34. The summed E-state index contributed by atoms with van der Waals surface area (Å²) in [7, 11) is 0. The number of urea groups is 1. The van der Waals surface area contributed by atoms with Crippen molar-refractivity contribution in [2.24, 2.45) is 5.41 Å². The molecule has 0 unspecified atom stereocenters. The molecule has 27 heavy (non-hydrogen) atoms. The Bertz CT molecular complexity index is 788. The fraction of sp³-hybridized carbons (Fsp3) is 0.450. The highest BCUT2D eigenvalue weighted by molar-refractivity contribution is 6.30. The number of halogens is 1. The van der Waals surface area contributed by atoms with Crippen LogP contribution in [0.25, 0.3) is 0 Å². The number of benzene rings is 1. The van der Waals surface area contributed by atoms with E-state index in [0.29, 0.717) is 5.02 Å². The first-order valence-corrected chi connectivity index (χ1v) is 9.19. The van der Waals surface area contributed by atoms with Crippen LogP contribution in [-0.2, 0) is 6.61 Å². The van der Waals surface area contributed by atoms with Gasteiger partial charge in [0.15, 0.2) is 5.82 Å². The topological polar surface area (TPSA) is 76.1 Å². The van der Waals surface area contributed by atoms with Crippen molar-refractivity contribution in [3.05, 3.63) is 47.2 Å². The molecular formula is C20H27ClN4O2. The lowest BCUT2D eigenvalue weighted by atomic mass is 9.82. The maximum Gasteiger partial charge on any atom is 0.320 e. The highest BCUT2D eigenvalue weighted by Crippen LogP contribution is 2.27. The molecule has 0 radical (unpaired) electrons. The largest absolute Gasteiger partial charge is 0.470 e. The molecule has 146 valence electrons. The van der Waals surface area contributed by atoms with Crippen LogP contribution < -0.4 is 15.4 Å². The molecule has 0 bridgehead atoms. The molecule has 7 heteroatoms. The van der Waals surface area contributed by atoms with Gasteiger partial charge in [0.25, 0.3) is 5.88 Å². The summed E-state index contributed by atoms with van der Waals surface area (Å²) in [5, 5.41) is 6.34. The van der Waals surface area contributed by atoms with Crippen LogP contribution in [0.1, 0.15) is 46.6 Å². The minimum absolute atomic E-state index is 0.0918. The molecule has 1 aromatic heterocycles. The van der Waals surface area contributed by atoms with Crippen LogP contribution in [0.15, 0.2) is 36.7 Å². The van der Waals surface area contributed by atoms with Gasteiger partial charge in [-0.2, -0.15) is 0 Å². The lowest BCUT2D eigenvalue weighted by molar-refractivity contribution is 0.219. The fourth-order valence-electron chi connectivity index (χ4n) is 3.11. The summed E-state index contributed by atoms with van der Waals surface area (Å²) in [6, 6.07) is 7.01. The van der Waals surface area contributed by atoms with E-state index in [1.54, 1.807) is 6.07 Å². The minimum atomic E-state index is -0.369. The molecule has 2 rings (SSSR count). The van der Waals surface area contributed by atoms with E-state index < -0.39 is 0 Å². The van der Waals surface area contributed by atoms with Crippen LogP contribution in [0.5, 0.6) is 5.88 Å². The van der Waals surface area contributed by atoms with Gasteiger partial charge in [-0.25, -0.2) is 14.8 Å². The van der Waals surface area contributed by atoms with Gasteiger partial charge in [0.1, 0.15) is 6.61 Å². The molecule has 1 heterocycles. The van der Waals surface area contributed by atoms with E-state index in [4.69, 9.17) is 16.3 Å². The molecule has 0 atom stereocenters. The Morgan fingerprint density at radius 2 is 1.85 bits per heavy atom. The molecule has 0 aliphatic heterocycles. The van der Waals surface area contributed by atoms with Crippen molar-refractivity contribution < 1.29 is 9.53 Å². The van der Waals surface area contributed by atoms with Crippen LogP contribution in [0.2, 0.25) is 5.02 Å². The zero-order valence-corrected chi connectivity index (χ0v) is 17.2. The van der Waals surface area contributed by atoms with Crippen molar-refractivity contribution in [2.75, 3.05) is 5.32 Å². The maximum absolute atomic E-state index is 12.4. The van der Waals surface area contributed by atoms with E-state index in [2.05, 4.69) is 41.4 Å². The monoisotopic (exact) mass is 390 g/mol. The Labute approximate surface area is 165 Å². The van der Waals surface area contributed by atoms with Gasteiger partial charge in [0.05, 0.1) is 0 Å². The lowest BCUT2D eigenvalue weighted by Crippen LogP contribution is -2.47. The highest BCUT2D eigenvalue weighted by Gasteiger charge is 2.27.